The summed E-state index contributed by atoms with van der Waals surface area (Å²) in [6.07, 6.45) is 3.21. The Bertz CT molecular complexity index is 940. The number of carbonyl (C=O) groups is 1. The molecule has 0 bridgehead atoms. The average molecular weight is 376 g/mol. The minimum absolute atomic E-state index is 0.0194. The largest absolute Gasteiger partial charge is 0.424 e. The smallest absolute Gasteiger partial charge is 0.321 e. The van der Waals surface area contributed by atoms with Crippen LogP contribution in [0.25, 0.3) is 0 Å². The molecule has 0 spiro atoms. The van der Waals surface area contributed by atoms with E-state index in [-0.39, 0.29) is 11.9 Å². The number of hydrogen-bond donors (Lipinski definition) is 0. The lowest BCUT2D eigenvalue weighted by atomic mass is 10.1. The van der Waals surface area contributed by atoms with Gasteiger partial charge in [-0.25, -0.2) is 9.97 Å². The zero-order valence-corrected chi connectivity index (χ0v) is 15.5. The molecule has 0 radical (unpaired) electrons. The van der Waals surface area contributed by atoms with Crippen molar-refractivity contribution in [2.24, 2.45) is 0 Å². The maximum atomic E-state index is 12.9. The molecule has 1 aliphatic rings. The first-order valence-corrected chi connectivity index (χ1v) is 9.08. The number of ether oxygens (including phenoxy) is 1. The predicted octanol–water partition coefficient (Wildman–Crippen LogP) is 2.33. The van der Waals surface area contributed by atoms with E-state index in [1.54, 1.807) is 42.7 Å². The molecule has 2 aromatic heterocycles. The van der Waals surface area contributed by atoms with Gasteiger partial charge in [-0.05, 0) is 43.3 Å². The molecular weight excluding hydrogens is 356 g/mol. The number of carbonyl (C=O) groups excluding carboxylic acids is 1. The number of piperazine rings is 1. The predicted molar refractivity (Wildman–Crippen MR) is 103 cm³/mol. The summed E-state index contributed by atoms with van der Waals surface area (Å²) in [6.45, 7) is 4.60. The van der Waals surface area contributed by atoms with Crippen LogP contribution in [0.4, 0.5) is 5.82 Å². The third-order valence-electron chi connectivity index (χ3n) is 4.51. The second-order valence-corrected chi connectivity index (χ2v) is 6.47. The van der Waals surface area contributed by atoms with Crippen molar-refractivity contribution in [3.63, 3.8) is 0 Å². The number of nitrogens with zero attached hydrogens (tertiary/aromatic N) is 6. The zero-order valence-electron chi connectivity index (χ0n) is 15.5. The summed E-state index contributed by atoms with van der Waals surface area (Å²) in [5, 5.41) is 8.33. The maximum Gasteiger partial charge on any atom is 0.321 e. The first-order chi connectivity index (χ1) is 13.7. The van der Waals surface area contributed by atoms with Crippen LogP contribution in [-0.2, 0) is 0 Å². The number of hydrogen-bond acceptors (Lipinski definition) is 7. The van der Waals surface area contributed by atoms with Crippen LogP contribution in [0.1, 0.15) is 16.1 Å². The van der Waals surface area contributed by atoms with E-state index in [0.717, 1.165) is 24.6 Å². The second kappa shape index (κ2) is 7.99. The minimum Gasteiger partial charge on any atom is -0.424 e. The zero-order chi connectivity index (χ0) is 19.3. The molecule has 8 nitrogen and oxygen atoms in total. The molecule has 3 aromatic rings. The molecule has 1 saturated heterocycles. The van der Waals surface area contributed by atoms with Gasteiger partial charge in [0.25, 0.3) is 5.91 Å². The molecule has 0 aliphatic carbocycles. The van der Waals surface area contributed by atoms with Gasteiger partial charge < -0.3 is 14.5 Å². The highest BCUT2D eigenvalue weighted by molar-refractivity contribution is 5.94. The lowest BCUT2D eigenvalue weighted by Crippen LogP contribution is -2.49. The molecule has 1 amide bonds. The van der Waals surface area contributed by atoms with Crippen molar-refractivity contribution >= 4 is 11.7 Å². The van der Waals surface area contributed by atoms with Gasteiger partial charge >= 0.3 is 6.01 Å². The molecule has 0 N–H and O–H groups in total. The standard InChI is InChI=1S/C20H20N6O2/c1-15-6-7-18(24-23-15)25-10-12-26(13-11-25)19(27)16-4-2-5-17(14-16)28-20-21-8-3-9-22-20/h2-9,14H,10-13H2,1H3. The normalized spacial score (nSPS) is 14.0. The van der Waals surface area contributed by atoms with Crippen LogP contribution in [0.5, 0.6) is 11.8 Å². The number of rotatable bonds is 4. The highest BCUT2D eigenvalue weighted by Crippen LogP contribution is 2.20. The maximum absolute atomic E-state index is 12.9. The Morgan fingerprint density at radius 2 is 1.75 bits per heavy atom. The quantitative estimate of drug-likeness (QED) is 0.691. The summed E-state index contributed by atoms with van der Waals surface area (Å²) >= 11 is 0. The van der Waals surface area contributed by atoms with E-state index in [2.05, 4.69) is 25.1 Å². The van der Waals surface area contributed by atoms with Crippen molar-refractivity contribution in [3.05, 3.63) is 66.1 Å². The van der Waals surface area contributed by atoms with Crippen LogP contribution >= 0.6 is 0 Å². The summed E-state index contributed by atoms with van der Waals surface area (Å²) < 4.78 is 5.62. The van der Waals surface area contributed by atoms with Crippen molar-refractivity contribution in [3.8, 4) is 11.8 Å². The van der Waals surface area contributed by atoms with Gasteiger partial charge in [-0.1, -0.05) is 6.07 Å². The molecule has 8 heteroatoms. The Balaban J connectivity index is 1.40. The van der Waals surface area contributed by atoms with Crippen LogP contribution in [-0.4, -0.2) is 57.2 Å². The van der Waals surface area contributed by atoms with Gasteiger partial charge in [0.15, 0.2) is 5.82 Å². The average Bonchev–Trinajstić information content (AvgIpc) is 2.75. The monoisotopic (exact) mass is 376 g/mol. The van der Waals surface area contributed by atoms with Crippen molar-refractivity contribution < 1.29 is 9.53 Å². The van der Waals surface area contributed by atoms with Crippen LogP contribution in [0, 0.1) is 6.92 Å². The highest BCUT2D eigenvalue weighted by Gasteiger charge is 2.23. The third kappa shape index (κ3) is 4.06. The minimum atomic E-state index is -0.0194. The summed E-state index contributed by atoms with van der Waals surface area (Å²) in [5.41, 5.74) is 1.47. The summed E-state index contributed by atoms with van der Waals surface area (Å²) in [7, 11) is 0. The van der Waals surface area contributed by atoms with E-state index in [1.165, 1.54) is 0 Å². The number of amides is 1. The third-order valence-corrected chi connectivity index (χ3v) is 4.51. The summed E-state index contributed by atoms with van der Waals surface area (Å²) in [4.78, 5) is 24.9. The Labute approximate surface area is 162 Å². The number of aromatic nitrogens is 4. The van der Waals surface area contributed by atoms with Gasteiger partial charge in [0, 0.05) is 44.1 Å². The molecule has 0 atom stereocenters. The van der Waals surface area contributed by atoms with E-state index in [4.69, 9.17) is 4.74 Å². The molecule has 0 unspecified atom stereocenters. The van der Waals surface area contributed by atoms with Crippen molar-refractivity contribution in [1.82, 2.24) is 25.1 Å². The summed E-state index contributed by atoms with van der Waals surface area (Å²) in [5.74, 6) is 1.36. The topological polar surface area (TPSA) is 84.3 Å². The molecule has 1 aromatic carbocycles. The van der Waals surface area contributed by atoms with E-state index < -0.39 is 0 Å². The molecule has 3 heterocycles. The van der Waals surface area contributed by atoms with Crippen molar-refractivity contribution in [2.45, 2.75) is 6.92 Å². The van der Waals surface area contributed by atoms with E-state index in [9.17, 15) is 4.79 Å². The fourth-order valence-electron chi connectivity index (χ4n) is 3.02. The van der Waals surface area contributed by atoms with Gasteiger partial charge in [0.05, 0.1) is 5.69 Å². The molecule has 1 aliphatic heterocycles. The number of anilines is 1. The van der Waals surface area contributed by atoms with Gasteiger partial charge in [-0.3, -0.25) is 4.79 Å². The Kier molecular flexibility index (Phi) is 5.09. The fourth-order valence-corrected chi connectivity index (χ4v) is 3.02. The lowest BCUT2D eigenvalue weighted by molar-refractivity contribution is 0.0746. The molecule has 28 heavy (non-hydrogen) atoms. The SMILES string of the molecule is Cc1ccc(N2CCN(C(=O)c3cccc(Oc4ncccn4)c3)CC2)nn1. The van der Waals surface area contributed by atoms with Crippen LogP contribution in [0.15, 0.2) is 54.9 Å². The lowest BCUT2D eigenvalue weighted by Gasteiger charge is -2.35. The molecular formula is C20H20N6O2. The first kappa shape index (κ1) is 17.8. The number of aryl methyl sites for hydroxylation is 1. The fraction of sp³-hybridized carbons (Fsp3) is 0.250. The Morgan fingerprint density at radius 3 is 2.46 bits per heavy atom. The van der Waals surface area contributed by atoms with Crippen LogP contribution < -0.4 is 9.64 Å². The van der Waals surface area contributed by atoms with Crippen LogP contribution in [0.2, 0.25) is 0 Å². The first-order valence-electron chi connectivity index (χ1n) is 9.08. The summed E-state index contributed by atoms with van der Waals surface area (Å²) in [6, 6.07) is 13.0. The Morgan fingerprint density at radius 1 is 0.964 bits per heavy atom. The van der Waals surface area contributed by atoms with Gasteiger partial charge in [0.1, 0.15) is 5.75 Å². The Hall–Kier alpha value is -3.55. The van der Waals surface area contributed by atoms with Crippen LogP contribution in [0.3, 0.4) is 0 Å². The van der Waals surface area contributed by atoms with Crippen molar-refractivity contribution in [1.29, 1.82) is 0 Å². The second-order valence-electron chi connectivity index (χ2n) is 6.47. The van der Waals surface area contributed by atoms with Crippen molar-refractivity contribution in [2.75, 3.05) is 31.1 Å². The van der Waals surface area contributed by atoms with E-state index >= 15 is 0 Å². The van der Waals surface area contributed by atoms with Gasteiger partial charge in [-0.2, -0.15) is 5.10 Å². The molecule has 1 fully saturated rings. The van der Waals surface area contributed by atoms with E-state index in [0.29, 0.717) is 24.4 Å². The molecule has 0 saturated carbocycles. The van der Waals surface area contributed by atoms with Gasteiger partial charge in [-0.15, -0.1) is 5.10 Å². The number of benzene rings is 1. The molecule has 142 valence electrons. The van der Waals surface area contributed by atoms with Gasteiger partial charge in [0.2, 0.25) is 0 Å². The highest BCUT2D eigenvalue weighted by atomic mass is 16.5. The molecule has 4 rings (SSSR count). The van der Waals surface area contributed by atoms with E-state index in [1.807, 2.05) is 24.0 Å².